The van der Waals surface area contributed by atoms with Gasteiger partial charge in [-0.05, 0) is 51.2 Å². The summed E-state index contributed by atoms with van der Waals surface area (Å²) in [4.78, 5) is 2.54. The third kappa shape index (κ3) is 3.92. The van der Waals surface area contributed by atoms with Crippen molar-refractivity contribution in [1.29, 1.82) is 0 Å². The highest BCUT2D eigenvalue weighted by Crippen LogP contribution is 2.19. The fraction of sp³-hybridized carbons (Fsp3) is 0.818. The molecule has 1 rings (SSSR count). The minimum atomic E-state index is 0.858. The number of likely N-dealkylation sites (tertiary alicyclic amines) is 1. The van der Waals surface area contributed by atoms with E-state index in [1.807, 2.05) is 6.08 Å². The van der Waals surface area contributed by atoms with Gasteiger partial charge in [0.1, 0.15) is 0 Å². The van der Waals surface area contributed by atoms with Crippen molar-refractivity contribution in [2.45, 2.75) is 25.7 Å². The van der Waals surface area contributed by atoms with E-state index in [1.54, 1.807) is 0 Å². The molecule has 2 nitrogen and oxygen atoms in total. The van der Waals surface area contributed by atoms with Crippen LogP contribution in [0, 0.1) is 5.92 Å². The number of nitrogens with zero attached hydrogens (tertiary/aromatic N) is 1. The topological polar surface area (TPSA) is 29.3 Å². The molecular formula is C11H22N2. The Labute approximate surface area is 81.8 Å². The molecule has 0 atom stereocenters. The third-order valence-corrected chi connectivity index (χ3v) is 2.93. The van der Waals surface area contributed by atoms with Crippen molar-refractivity contribution in [2.75, 3.05) is 26.2 Å². The van der Waals surface area contributed by atoms with Gasteiger partial charge >= 0.3 is 0 Å². The Hall–Kier alpha value is -0.340. The zero-order chi connectivity index (χ0) is 9.52. The highest BCUT2D eigenvalue weighted by Gasteiger charge is 2.17. The molecule has 2 N–H and O–H groups in total. The van der Waals surface area contributed by atoms with Crippen molar-refractivity contribution in [3.63, 3.8) is 0 Å². The smallest absolute Gasteiger partial charge is 0.00158 e. The molecule has 1 saturated heterocycles. The molecule has 0 aliphatic carbocycles. The van der Waals surface area contributed by atoms with E-state index < -0.39 is 0 Å². The van der Waals surface area contributed by atoms with Gasteiger partial charge in [-0.15, -0.1) is 6.58 Å². The molecule has 0 saturated carbocycles. The van der Waals surface area contributed by atoms with Gasteiger partial charge in [0.15, 0.2) is 0 Å². The molecule has 0 unspecified atom stereocenters. The van der Waals surface area contributed by atoms with E-state index in [1.165, 1.54) is 38.9 Å². The Kier molecular flexibility index (Phi) is 5.09. The highest BCUT2D eigenvalue weighted by molar-refractivity contribution is 4.75. The predicted molar refractivity (Wildman–Crippen MR) is 57.6 cm³/mol. The first-order valence-corrected chi connectivity index (χ1v) is 5.40. The van der Waals surface area contributed by atoms with E-state index in [4.69, 9.17) is 5.73 Å². The Morgan fingerprint density at radius 2 is 2.08 bits per heavy atom. The fourth-order valence-corrected chi connectivity index (χ4v) is 2.01. The Morgan fingerprint density at radius 3 is 2.62 bits per heavy atom. The average Bonchev–Trinajstić information content (AvgIpc) is 2.17. The lowest BCUT2D eigenvalue weighted by atomic mass is 9.93. The van der Waals surface area contributed by atoms with Crippen LogP contribution < -0.4 is 5.73 Å². The second-order valence-electron chi connectivity index (χ2n) is 3.94. The maximum atomic E-state index is 5.55. The molecule has 0 amide bonds. The molecule has 13 heavy (non-hydrogen) atoms. The molecule has 0 spiro atoms. The predicted octanol–water partition coefficient (Wildman–Crippen LogP) is 1.62. The molecule has 0 aromatic rings. The van der Waals surface area contributed by atoms with Crippen LogP contribution in [-0.4, -0.2) is 31.1 Å². The van der Waals surface area contributed by atoms with Crippen LogP contribution >= 0.6 is 0 Å². The monoisotopic (exact) mass is 182 g/mol. The van der Waals surface area contributed by atoms with Gasteiger partial charge in [0.2, 0.25) is 0 Å². The molecule has 0 aromatic carbocycles. The molecule has 76 valence electrons. The van der Waals surface area contributed by atoms with E-state index in [-0.39, 0.29) is 0 Å². The zero-order valence-electron chi connectivity index (χ0n) is 8.54. The third-order valence-electron chi connectivity index (χ3n) is 2.93. The molecule has 1 aliphatic rings. The van der Waals surface area contributed by atoms with Crippen LogP contribution in [0.25, 0.3) is 0 Å². The number of nitrogens with two attached hydrogens (primary N) is 1. The maximum absolute atomic E-state index is 5.55. The van der Waals surface area contributed by atoms with E-state index in [0.717, 1.165) is 18.9 Å². The van der Waals surface area contributed by atoms with Gasteiger partial charge in [-0.1, -0.05) is 6.08 Å². The van der Waals surface area contributed by atoms with E-state index in [0.29, 0.717) is 0 Å². The molecule has 0 radical (unpaired) electrons. The SMILES string of the molecule is C=CCCN1CCC(CCN)CC1. The molecule has 1 heterocycles. The number of rotatable bonds is 5. The molecule has 1 fully saturated rings. The number of hydrogen-bond donors (Lipinski definition) is 1. The zero-order valence-corrected chi connectivity index (χ0v) is 8.54. The van der Waals surface area contributed by atoms with Crippen LogP contribution in [0.4, 0.5) is 0 Å². The second-order valence-corrected chi connectivity index (χ2v) is 3.94. The van der Waals surface area contributed by atoms with Crippen molar-refractivity contribution >= 4 is 0 Å². The maximum Gasteiger partial charge on any atom is 0.00158 e. The number of hydrogen-bond acceptors (Lipinski definition) is 2. The van der Waals surface area contributed by atoms with Crippen LogP contribution in [-0.2, 0) is 0 Å². The lowest BCUT2D eigenvalue weighted by molar-refractivity contribution is 0.183. The molecule has 0 aromatic heterocycles. The van der Waals surface area contributed by atoms with E-state index in [2.05, 4.69) is 11.5 Å². The summed E-state index contributed by atoms with van der Waals surface area (Å²) in [5.41, 5.74) is 5.55. The largest absolute Gasteiger partial charge is 0.330 e. The summed E-state index contributed by atoms with van der Waals surface area (Å²) in [7, 11) is 0. The summed E-state index contributed by atoms with van der Waals surface area (Å²) in [6.45, 7) is 8.32. The molecule has 1 aliphatic heterocycles. The quantitative estimate of drug-likeness (QED) is 0.655. The summed E-state index contributed by atoms with van der Waals surface area (Å²) in [6, 6.07) is 0. The molecule has 2 heteroatoms. The summed E-state index contributed by atoms with van der Waals surface area (Å²) in [6.07, 6.45) is 7.03. The summed E-state index contributed by atoms with van der Waals surface area (Å²) >= 11 is 0. The van der Waals surface area contributed by atoms with Gasteiger partial charge in [0, 0.05) is 6.54 Å². The molecular weight excluding hydrogens is 160 g/mol. The van der Waals surface area contributed by atoms with Crippen molar-refractivity contribution < 1.29 is 0 Å². The second kappa shape index (κ2) is 6.17. The van der Waals surface area contributed by atoms with Crippen LogP contribution in [0.5, 0.6) is 0 Å². The normalized spacial score (nSPS) is 20.4. The highest BCUT2D eigenvalue weighted by atomic mass is 15.1. The Balaban J connectivity index is 2.11. The summed E-state index contributed by atoms with van der Waals surface area (Å²) in [5.74, 6) is 0.894. The Morgan fingerprint density at radius 1 is 1.38 bits per heavy atom. The Bertz CT molecular complexity index is 137. The first-order valence-electron chi connectivity index (χ1n) is 5.40. The van der Waals surface area contributed by atoms with Crippen LogP contribution in [0.15, 0.2) is 12.7 Å². The standard InChI is InChI=1S/C11H22N2/c1-2-3-8-13-9-5-11(4-7-12)6-10-13/h2,11H,1,3-10,12H2. The number of piperidine rings is 1. The fourth-order valence-electron chi connectivity index (χ4n) is 2.01. The van der Waals surface area contributed by atoms with Crippen molar-refractivity contribution in [1.82, 2.24) is 4.90 Å². The van der Waals surface area contributed by atoms with Gasteiger partial charge in [-0.2, -0.15) is 0 Å². The lowest BCUT2D eigenvalue weighted by Gasteiger charge is -2.31. The minimum absolute atomic E-state index is 0.858. The van der Waals surface area contributed by atoms with Crippen LogP contribution in [0.1, 0.15) is 25.7 Å². The van der Waals surface area contributed by atoms with E-state index in [9.17, 15) is 0 Å². The van der Waals surface area contributed by atoms with Gasteiger partial charge < -0.3 is 10.6 Å². The summed E-state index contributed by atoms with van der Waals surface area (Å²) < 4.78 is 0. The van der Waals surface area contributed by atoms with Gasteiger partial charge in [-0.25, -0.2) is 0 Å². The van der Waals surface area contributed by atoms with Crippen molar-refractivity contribution in [3.8, 4) is 0 Å². The minimum Gasteiger partial charge on any atom is -0.330 e. The first kappa shape index (κ1) is 10.7. The average molecular weight is 182 g/mol. The van der Waals surface area contributed by atoms with Crippen molar-refractivity contribution in [2.24, 2.45) is 11.7 Å². The van der Waals surface area contributed by atoms with Crippen LogP contribution in [0.3, 0.4) is 0 Å². The first-order chi connectivity index (χ1) is 6.36. The van der Waals surface area contributed by atoms with Gasteiger partial charge in [0.05, 0.1) is 0 Å². The van der Waals surface area contributed by atoms with E-state index >= 15 is 0 Å². The van der Waals surface area contributed by atoms with Crippen LogP contribution in [0.2, 0.25) is 0 Å². The molecule has 0 bridgehead atoms. The van der Waals surface area contributed by atoms with Gasteiger partial charge in [-0.3, -0.25) is 0 Å². The lowest BCUT2D eigenvalue weighted by Crippen LogP contribution is -2.34. The summed E-state index contributed by atoms with van der Waals surface area (Å²) in [5, 5.41) is 0. The van der Waals surface area contributed by atoms with Gasteiger partial charge in [0.25, 0.3) is 0 Å². The van der Waals surface area contributed by atoms with Crippen molar-refractivity contribution in [3.05, 3.63) is 12.7 Å².